The number of aromatic hydroxyl groups is 1. The molecule has 5 heteroatoms. The Kier molecular flexibility index (Phi) is 2.12. The summed E-state index contributed by atoms with van der Waals surface area (Å²) in [4.78, 5) is 14.4. The first-order chi connectivity index (χ1) is 6.25. The van der Waals surface area contributed by atoms with Crippen molar-refractivity contribution in [3.63, 3.8) is 0 Å². The van der Waals surface area contributed by atoms with Crippen molar-refractivity contribution in [2.45, 2.75) is 0 Å². The first-order valence-corrected chi connectivity index (χ1v) is 5.67. The lowest BCUT2D eigenvalue weighted by atomic mass is 10.2. The molecule has 13 heavy (non-hydrogen) atoms. The van der Waals surface area contributed by atoms with Gasteiger partial charge in [-0.3, -0.25) is 4.79 Å². The van der Waals surface area contributed by atoms with Crippen molar-refractivity contribution < 1.29 is 5.11 Å². The van der Waals surface area contributed by atoms with Crippen LogP contribution in [0.4, 0.5) is 0 Å². The molecule has 3 nitrogen and oxygen atoms in total. The largest absolute Gasteiger partial charge is 0.508 e. The highest BCUT2D eigenvalue weighted by Crippen LogP contribution is 2.23. The third kappa shape index (κ3) is 1.76. The summed E-state index contributed by atoms with van der Waals surface area (Å²) in [5.41, 5.74) is 0.862. The molecular weight excluding hydrogens is 206 g/mol. The summed E-state index contributed by atoms with van der Waals surface area (Å²) < 4.78 is 0. The van der Waals surface area contributed by atoms with E-state index in [2.05, 4.69) is 4.98 Å². The van der Waals surface area contributed by atoms with Gasteiger partial charge >= 0.3 is 4.87 Å². The molecular formula is C8H5NO2S2. The van der Waals surface area contributed by atoms with Gasteiger partial charge in [0.2, 0.25) is 0 Å². The van der Waals surface area contributed by atoms with E-state index in [0.29, 0.717) is 5.01 Å². The van der Waals surface area contributed by atoms with Gasteiger partial charge in [0.15, 0.2) is 0 Å². The van der Waals surface area contributed by atoms with Crippen LogP contribution >= 0.6 is 20.7 Å². The first kappa shape index (κ1) is 8.40. The van der Waals surface area contributed by atoms with Crippen molar-refractivity contribution in [1.82, 2.24) is 4.98 Å². The number of nitrogens with zero attached hydrogens (tertiary/aromatic N) is 1. The lowest BCUT2D eigenvalue weighted by Gasteiger charge is -1.94. The Hall–Kier alpha value is -1.20. The highest BCUT2D eigenvalue weighted by atomic mass is 32.9. The van der Waals surface area contributed by atoms with E-state index in [1.807, 2.05) is 0 Å². The third-order valence-corrected chi connectivity index (χ3v) is 3.45. The van der Waals surface area contributed by atoms with Crippen molar-refractivity contribution in [1.29, 1.82) is 0 Å². The van der Waals surface area contributed by atoms with Crippen molar-refractivity contribution in [2.75, 3.05) is 0 Å². The summed E-state index contributed by atoms with van der Waals surface area (Å²) in [5, 5.41) is 9.74. The van der Waals surface area contributed by atoms with Gasteiger partial charge in [-0.05, 0) is 34.6 Å². The molecule has 0 aliphatic heterocycles. The second kappa shape index (κ2) is 3.27. The molecule has 66 valence electrons. The zero-order valence-corrected chi connectivity index (χ0v) is 8.06. The second-order valence-electron chi connectivity index (χ2n) is 2.40. The Morgan fingerprint density at radius 2 is 1.85 bits per heavy atom. The molecule has 1 heterocycles. The number of hydrogen-bond acceptors (Lipinski definition) is 5. The molecule has 1 aromatic heterocycles. The summed E-state index contributed by atoms with van der Waals surface area (Å²) in [6.07, 6.45) is 0. The number of rotatable bonds is 1. The summed E-state index contributed by atoms with van der Waals surface area (Å²) in [6.45, 7) is 0. The van der Waals surface area contributed by atoms with Crippen LogP contribution in [0, 0.1) is 0 Å². The Morgan fingerprint density at radius 1 is 1.15 bits per heavy atom. The molecule has 0 saturated carbocycles. The molecule has 1 N–H and O–H groups in total. The molecule has 0 saturated heterocycles. The highest BCUT2D eigenvalue weighted by Gasteiger charge is 2.02. The predicted octanol–water partition coefficient (Wildman–Crippen LogP) is 1.94. The fraction of sp³-hybridized carbons (Fsp3) is 0. The van der Waals surface area contributed by atoms with E-state index in [1.165, 1.54) is 10.3 Å². The molecule has 1 aromatic carbocycles. The van der Waals surface area contributed by atoms with E-state index in [0.717, 1.165) is 15.9 Å². The van der Waals surface area contributed by atoms with Gasteiger partial charge in [-0.1, -0.05) is 10.3 Å². The van der Waals surface area contributed by atoms with Gasteiger partial charge in [0.05, 0.1) is 0 Å². The van der Waals surface area contributed by atoms with Crippen LogP contribution in [0.5, 0.6) is 5.75 Å². The van der Waals surface area contributed by atoms with Crippen molar-refractivity contribution in [3.05, 3.63) is 33.9 Å². The maximum absolute atomic E-state index is 10.8. The van der Waals surface area contributed by atoms with Crippen molar-refractivity contribution in [2.24, 2.45) is 0 Å². The number of benzene rings is 1. The van der Waals surface area contributed by atoms with Gasteiger partial charge in [-0.2, -0.15) is 4.98 Å². The third-order valence-electron chi connectivity index (χ3n) is 1.50. The Morgan fingerprint density at radius 3 is 2.38 bits per heavy atom. The van der Waals surface area contributed by atoms with Crippen LogP contribution in [-0.4, -0.2) is 10.1 Å². The Bertz CT molecular complexity index is 457. The quantitative estimate of drug-likeness (QED) is 0.733. The maximum Gasteiger partial charge on any atom is 0.337 e. The van der Waals surface area contributed by atoms with Crippen LogP contribution in [0.15, 0.2) is 29.1 Å². The van der Waals surface area contributed by atoms with Crippen LogP contribution in [0.3, 0.4) is 0 Å². The van der Waals surface area contributed by atoms with E-state index in [1.54, 1.807) is 24.3 Å². The molecule has 0 aliphatic carbocycles. The zero-order chi connectivity index (χ0) is 9.26. The predicted molar refractivity (Wildman–Crippen MR) is 53.4 cm³/mol. The van der Waals surface area contributed by atoms with Crippen LogP contribution in [0.2, 0.25) is 0 Å². The normalized spacial score (nSPS) is 10.2. The lowest BCUT2D eigenvalue weighted by Crippen LogP contribution is -1.91. The SMILES string of the molecule is O=c1nc(-c2ccc(O)cc2)ss1. The smallest absolute Gasteiger partial charge is 0.337 e. The van der Waals surface area contributed by atoms with E-state index >= 15 is 0 Å². The van der Waals surface area contributed by atoms with Crippen LogP contribution < -0.4 is 4.87 Å². The standard InChI is InChI=1S/C8H5NO2S2/c10-6-3-1-5(2-4-6)7-9-8(11)13-12-7/h1-4,10H. The summed E-state index contributed by atoms with van der Waals surface area (Å²) >= 11 is 0. The minimum atomic E-state index is -0.173. The average Bonchev–Trinajstić information content (AvgIpc) is 2.53. The molecule has 0 fully saturated rings. The van der Waals surface area contributed by atoms with Gasteiger partial charge in [0, 0.05) is 5.56 Å². The molecule has 0 unspecified atom stereocenters. The number of hydrogen-bond donors (Lipinski definition) is 1. The van der Waals surface area contributed by atoms with Gasteiger partial charge in [-0.25, -0.2) is 0 Å². The molecule has 0 amide bonds. The minimum absolute atomic E-state index is 0.173. The molecule has 2 aromatic rings. The van der Waals surface area contributed by atoms with Crippen molar-refractivity contribution in [3.8, 4) is 16.3 Å². The van der Waals surface area contributed by atoms with Crippen LogP contribution in [0.25, 0.3) is 10.6 Å². The topological polar surface area (TPSA) is 50.2 Å². The molecule has 0 spiro atoms. The summed E-state index contributed by atoms with van der Waals surface area (Å²) in [7, 11) is 2.46. The van der Waals surface area contributed by atoms with E-state index < -0.39 is 0 Å². The highest BCUT2D eigenvalue weighted by molar-refractivity contribution is 7.69. The second-order valence-corrected chi connectivity index (χ2v) is 4.47. The number of phenols is 1. The fourth-order valence-corrected chi connectivity index (χ4v) is 2.56. The molecule has 0 bridgehead atoms. The fourth-order valence-electron chi connectivity index (χ4n) is 0.912. The Balaban J connectivity index is 2.47. The molecule has 2 rings (SSSR count). The lowest BCUT2D eigenvalue weighted by molar-refractivity contribution is 0.475. The van der Waals surface area contributed by atoms with E-state index in [-0.39, 0.29) is 10.6 Å². The summed E-state index contributed by atoms with van der Waals surface area (Å²) in [6, 6.07) is 6.62. The van der Waals surface area contributed by atoms with Gasteiger partial charge in [0.25, 0.3) is 0 Å². The number of phenolic OH excluding ortho intramolecular Hbond substituents is 1. The van der Waals surface area contributed by atoms with Crippen LogP contribution in [0.1, 0.15) is 0 Å². The monoisotopic (exact) mass is 211 g/mol. The minimum Gasteiger partial charge on any atom is -0.508 e. The van der Waals surface area contributed by atoms with Gasteiger partial charge in [0.1, 0.15) is 10.8 Å². The first-order valence-electron chi connectivity index (χ1n) is 3.52. The van der Waals surface area contributed by atoms with Crippen LogP contribution in [-0.2, 0) is 0 Å². The molecule has 0 aliphatic rings. The molecule has 0 radical (unpaired) electrons. The maximum atomic E-state index is 10.8. The van der Waals surface area contributed by atoms with E-state index in [9.17, 15) is 4.79 Å². The Labute approximate surface area is 81.3 Å². The molecule has 0 atom stereocenters. The number of aromatic nitrogens is 1. The summed E-state index contributed by atoms with van der Waals surface area (Å²) in [5.74, 6) is 0.214. The average molecular weight is 211 g/mol. The van der Waals surface area contributed by atoms with Gasteiger partial charge < -0.3 is 5.11 Å². The van der Waals surface area contributed by atoms with Crippen molar-refractivity contribution >= 4 is 20.7 Å². The van der Waals surface area contributed by atoms with Gasteiger partial charge in [-0.15, -0.1) is 0 Å². The zero-order valence-electron chi connectivity index (χ0n) is 6.43. The van der Waals surface area contributed by atoms with E-state index in [4.69, 9.17) is 5.11 Å².